The summed E-state index contributed by atoms with van der Waals surface area (Å²) in [6.07, 6.45) is 1.45. The Balaban J connectivity index is 2.37. The van der Waals surface area contributed by atoms with Crippen molar-refractivity contribution in [1.29, 1.82) is 0 Å². The number of anilines is 1. The Labute approximate surface area is 93.7 Å². The summed E-state index contributed by atoms with van der Waals surface area (Å²) in [5.41, 5.74) is 6.61. The monoisotopic (exact) mass is 218 g/mol. The lowest BCUT2D eigenvalue weighted by Crippen LogP contribution is -2.16. The summed E-state index contributed by atoms with van der Waals surface area (Å²) in [5.74, 6) is 1.18. The summed E-state index contributed by atoms with van der Waals surface area (Å²) in [4.78, 5) is 8.11. The molecule has 1 aromatic heterocycles. The lowest BCUT2D eigenvalue weighted by molar-refractivity contribution is 0.322. The van der Waals surface area contributed by atoms with E-state index in [1.807, 2.05) is 25.2 Å². The molecule has 1 heterocycles. The smallest absolute Gasteiger partial charge is 0.138 e. The van der Waals surface area contributed by atoms with Gasteiger partial charge in [-0.15, -0.1) is 0 Å². The van der Waals surface area contributed by atoms with E-state index in [-0.39, 0.29) is 0 Å². The maximum atomic E-state index is 5.81. The van der Waals surface area contributed by atoms with Gasteiger partial charge in [0.15, 0.2) is 0 Å². The fourth-order valence-electron chi connectivity index (χ4n) is 1.49. The first-order valence-electron chi connectivity index (χ1n) is 5.09. The zero-order valence-corrected chi connectivity index (χ0v) is 9.10. The highest BCUT2D eigenvalue weighted by Gasteiger charge is 2.06. The van der Waals surface area contributed by atoms with Crippen LogP contribution in [0.4, 0.5) is 5.82 Å². The first-order valence-corrected chi connectivity index (χ1v) is 5.09. The molecule has 0 fully saturated rings. The predicted octanol–water partition coefficient (Wildman–Crippen LogP) is 0.810. The third-order valence-electron chi connectivity index (χ3n) is 2.26. The summed E-state index contributed by atoms with van der Waals surface area (Å²) in [6.45, 7) is 1.37. The number of ether oxygens (including phenoxy) is 1. The molecule has 84 valence electrons. The summed E-state index contributed by atoms with van der Waals surface area (Å²) in [5, 5.41) is 3.79. The molecule has 0 bridgehead atoms. The van der Waals surface area contributed by atoms with Gasteiger partial charge < -0.3 is 15.8 Å². The van der Waals surface area contributed by atoms with E-state index in [0.29, 0.717) is 12.4 Å². The number of fused-ring (bicyclic) bond motifs is 1. The highest BCUT2D eigenvalue weighted by atomic mass is 16.5. The van der Waals surface area contributed by atoms with Gasteiger partial charge in [-0.1, -0.05) is 6.07 Å². The van der Waals surface area contributed by atoms with Gasteiger partial charge in [-0.3, -0.25) is 0 Å². The second-order valence-corrected chi connectivity index (χ2v) is 3.36. The molecule has 2 rings (SSSR count). The van der Waals surface area contributed by atoms with Gasteiger partial charge in [0.25, 0.3) is 0 Å². The van der Waals surface area contributed by atoms with Gasteiger partial charge >= 0.3 is 0 Å². The van der Waals surface area contributed by atoms with Crippen LogP contribution in [0.15, 0.2) is 24.5 Å². The molecule has 0 spiro atoms. The van der Waals surface area contributed by atoms with E-state index < -0.39 is 0 Å². The number of nitrogens with two attached hydrogens (primary N) is 1. The average molecular weight is 218 g/mol. The normalized spacial score (nSPS) is 10.6. The van der Waals surface area contributed by atoms with Crippen molar-refractivity contribution < 1.29 is 4.74 Å². The van der Waals surface area contributed by atoms with Crippen molar-refractivity contribution in [2.75, 3.05) is 25.9 Å². The molecule has 0 saturated carbocycles. The topological polar surface area (TPSA) is 73.1 Å². The number of aromatic nitrogens is 2. The Bertz CT molecular complexity index is 481. The molecular formula is C11H14N4O. The Hall–Kier alpha value is -1.88. The molecule has 5 nitrogen and oxygen atoms in total. The second-order valence-electron chi connectivity index (χ2n) is 3.36. The van der Waals surface area contributed by atoms with Crippen LogP contribution in [0.25, 0.3) is 10.9 Å². The molecule has 0 unspecified atom stereocenters. The lowest BCUT2D eigenvalue weighted by atomic mass is 10.2. The molecule has 0 atom stereocenters. The number of rotatable bonds is 4. The third kappa shape index (κ3) is 2.04. The van der Waals surface area contributed by atoms with Crippen molar-refractivity contribution in [3.8, 4) is 5.75 Å². The van der Waals surface area contributed by atoms with Crippen LogP contribution in [0.5, 0.6) is 5.75 Å². The SMILES string of the molecule is CNCCOc1cccc2ncnc(N)c12. The van der Waals surface area contributed by atoms with Crippen LogP contribution in [0.3, 0.4) is 0 Å². The van der Waals surface area contributed by atoms with Crippen molar-refractivity contribution in [3.05, 3.63) is 24.5 Å². The molecule has 16 heavy (non-hydrogen) atoms. The number of benzene rings is 1. The van der Waals surface area contributed by atoms with Crippen LogP contribution in [0, 0.1) is 0 Å². The highest BCUT2D eigenvalue weighted by molar-refractivity contribution is 5.93. The molecule has 2 aromatic rings. The third-order valence-corrected chi connectivity index (χ3v) is 2.26. The number of hydrogen-bond acceptors (Lipinski definition) is 5. The van der Waals surface area contributed by atoms with Crippen LogP contribution >= 0.6 is 0 Å². The minimum Gasteiger partial charge on any atom is -0.491 e. The van der Waals surface area contributed by atoms with Gasteiger partial charge in [0.1, 0.15) is 24.5 Å². The maximum absolute atomic E-state index is 5.81. The van der Waals surface area contributed by atoms with Crippen molar-refractivity contribution in [2.24, 2.45) is 0 Å². The quantitative estimate of drug-likeness (QED) is 0.743. The first-order chi connectivity index (χ1) is 7.83. The predicted molar refractivity (Wildman–Crippen MR) is 63.4 cm³/mol. The summed E-state index contributed by atoms with van der Waals surface area (Å²) >= 11 is 0. The average Bonchev–Trinajstić information content (AvgIpc) is 2.30. The zero-order valence-electron chi connectivity index (χ0n) is 9.10. The first kappa shape index (κ1) is 10.6. The van der Waals surface area contributed by atoms with Gasteiger partial charge in [-0.05, 0) is 19.2 Å². The van der Waals surface area contributed by atoms with E-state index in [9.17, 15) is 0 Å². The van der Waals surface area contributed by atoms with Gasteiger partial charge in [-0.2, -0.15) is 0 Å². The summed E-state index contributed by atoms with van der Waals surface area (Å²) in [6, 6.07) is 5.65. The molecule has 5 heteroatoms. The fourth-order valence-corrected chi connectivity index (χ4v) is 1.49. The molecule has 0 aliphatic carbocycles. The van der Waals surface area contributed by atoms with Crippen molar-refractivity contribution in [2.45, 2.75) is 0 Å². The van der Waals surface area contributed by atoms with E-state index in [2.05, 4.69) is 15.3 Å². The molecule has 1 aromatic carbocycles. The van der Waals surface area contributed by atoms with Gasteiger partial charge in [0.05, 0.1) is 10.9 Å². The van der Waals surface area contributed by atoms with Crippen LogP contribution in [-0.2, 0) is 0 Å². The number of hydrogen-bond donors (Lipinski definition) is 2. The molecule has 0 aliphatic heterocycles. The fraction of sp³-hybridized carbons (Fsp3) is 0.273. The molecule has 0 saturated heterocycles. The van der Waals surface area contributed by atoms with Crippen LogP contribution in [0.2, 0.25) is 0 Å². The Morgan fingerprint density at radius 2 is 2.25 bits per heavy atom. The van der Waals surface area contributed by atoms with E-state index >= 15 is 0 Å². The molecule has 0 radical (unpaired) electrons. The Morgan fingerprint density at radius 1 is 1.38 bits per heavy atom. The standard InChI is InChI=1S/C11H14N4O/c1-13-5-6-16-9-4-2-3-8-10(9)11(12)15-7-14-8/h2-4,7,13H,5-6H2,1H3,(H2,12,14,15). The largest absolute Gasteiger partial charge is 0.491 e. The summed E-state index contributed by atoms with van der Waals surface area (Å²) < 4.78 is 5.62. The lowest BCUT2D eigenvalue weighted by Gasteiger charge is -2.09. The zero-order chi connectivity index (χ0) is 11.4. The van der Waals surface area contributed by atoms with Gasteiger partial charge in [-0.25, -0.2) is 9.97 Å². The summed E-state index contributed by atoms with van der Waals surface area (Å²) in [7, 11) is 1.88. The minimum atomic E-state index is 0.449. The van der Waals surface area contributed by atoms with E-state index in [1.165, 1.54) is 6.33 Å². The maximum Gasteiger partial charge on any atom is 0.138 e. The van der Waals surface area contributed by atoms with Crippen LogP contribution < -0.4 is 15.8 Å². The Kier molecular flexibility index (Phi) is 3.16. The Morgan fingerprint density at radius 3 is 3.06 bits per heavy atom. The molecular weight excluding hydrogens is 204 g/mol. The molecule has 0 amide bonds. The van der Waals surface area contributed by atoms with Gasteiger partial charge in [0.2, 0.25) is 0 Å². The van der Waals surface area contributed by atoms with Crippen molar-refractivity contribution in [3.63, 3.8) is 0 Å². The van der Waals surface area contributed by atoms with Crippen LogP contribution in [-0.4, -0.2) is 30.2 Å². The molecule has 3 N–H and O–H groups in total. The van der Waals surface area contributed by atoms with Crippen molar-refractivity contribution >= 4 is 16.7 Å². The van der Waals surface area contributed by atoms with E-state index in [4.69, 9.17) is 10.5 Å². The minimum absolute atomic E-state index is 0.449. The van der Waals surface area contributed by atoms with Crippen LogP contribution in [0.1, 0.15) is 0 Å². The van der Waals surface area contributed by atoms with Gasteiger partial charge in [0, 0.05) is 6.54 Å². The number of nitrogens with zero attached hydrogens (tertiary/aromatic N) is 2. The number of nitrogen functional groups attached to an aromatic ring is 1. The van der Waals surface area contributed by atoms with E-state index in [0.717, 1.165) is 23.2 Å². The second kappa shape index (κ2) is 4.76. The number of likely N-dealkylation sites (N-methyl/N-ethyl adjacent to an activating group) is 1. The number of nitrogens with one attached hydrogen (secondary N) is 1. The highest BCUT2D eigenvalue weighted by Crippen LogP contribution is 2.27. The van der Waals surface area contributed by atoms with Crippen molar-refractivity contribution in [1.82, 2.24) is 15.3 Å². The van der Waals surface area contributed by atoms with E-state index in [1.54, 1.807) is 0 Å². The molecule has 0 aliphatic rings.